The van der Waals surface area contributed by atoms with Crippen molar-refractivity contribution < 1.29 is 4.21 Å². The van der Waals surface area contributed by atoms with Crippen molar-refractivity contribution in [2.45, 2.75) is 31.7 Å². The van der Waals surface area contributed by atoms with E-state index in [9.17, 15) is 4.21 Å². The van der Waals surface area contributed by atoms with Crippen LogP contribution in [-0.2, 0) is 10.8 Å². The lowest BCUT2D eigenvalue weighted by atomic mass is 10.1. The standard InChI is InChI=1S/C21H31N5OS/c1-3-4-5-6-10-23-11-13-28(27)15-17-7-8-18(14-17)26-12-9-19-20(22-2)24-16-25-21(19)26/h3-5,9,12,16-18,23H,1,6-8,10-11,13-15H2,2H3,(H,22,24,25)/b5-4+. The number of hydrogen-bond acceptors (Lipinski definition) is 5. The summed E-state index contributed by atoms with van der Waals surface area (Å²) in [7, 11) is 1.13. The molecule has 1 aliphatic rings. The number of allylic oxidation sites excluding steroid dienone is 2. The molecule has 3 rings (SSSR count). The zero-order valence-corrected chi connectivity index (χ0v) is 17.5. The highest BCUT2D eigenvalue weighted by atomic mass is 32.2. The van der Waals surface area contributed by atoms with Crippen molar-refractivity contribution in [3.63, 3.8) is 0 Å². The summed E-state index contributed by atoms with van der Waals surface area (Å²) >= 11 is 0. The van der Waals surface area contributed by atoms with Crippen molar-refractivity contribution in [2.24, 2.45) is 5.92 Å². The van der Waals surface area contributed by atoms with Gasteiger partial charge in [0.2, 0.25) is 0 Å². The molecular formula is C21H31N5OS. The van der Waals surface area contributed by atoms with Gasteiger partial charge in [-0.1, -0.05) is 24.8 Å². The van der Waals surface area contributed by atoms with E-state index in [-0.39, 0.29) is 0 Å². The third kappa shape index (κ3) is 5.29. The Balaban J connectivity index is 1.45. The first-order valence-corrected chi connectivity index (χ1v) is 11.5. The van der Waals surface area contributed by atoms with Crippen LogP contribution in [0.2, 0.25) is 0 Å². The zero-order chi connectivity index (χ0) is 19.8. The molecule has 6 nitrogen and oxygen atoms in total. The molecule has 3 unspecified atom stereocenters. The van der Waals surface area contributed by atoms with Crippen LogP contribution in [-0.4, -0.2) is 50.4 Å². The minimum absolute atomic E-state index is 0.439. The summed E-state index contributed by atoms with van der Waals surface area (Å²) in [4.78, 5) is 8.78. The summed E-state index contributed by atoms with van der Waals surface area (Å²) in [6.45, 7) is 5.39. The lowest BCUT2D eigenvalue weighted by molar-refractivity contribution is 0.505. The van der Waals surface area contributed by atoms with E-state index in [4.69, 9.17) is 0 Å². The van der Waals surface area contributed by atoms with Crippen molar-refractivity contribution >= 4 is 27.7 Å². The van der Waals surface area contributed by atoms with Gasteiger partial charge >= 0.3 is 0 Å². The van der Waals surface area contributed by atoms with Crippen molar-refractivity contribution in [2.75, 3.05) is 37.0 Å². The van der Waals surface area contributed by atoms with E-state index in [1.54, 1.807) is 12.4 Å². The fourth-order valence-corrected chi connectivity index (χ4v) is 5.32. The molecule has 2 aromatic rings. The molecule has 2 N–H and O–H groups in total. The third-order valence-electron chi connectivity index (χ3n) is 5.34. The second kappa shape index (κ2) is 10.5. The molecule has 0 amide bonds. The Morgan fingerprint density at radius 3 is 3.07 bits per heavy atom. The Labute approximate surface area is 170 Å². The van der Waals surface area contributed by atoms with Gasteiger partial charge in [0, 0.05) is 48.1 Å². The number of aromatic nitrogens is 3. The highest BCUT2D eigenvalue weighted by molar-refractivity contribution is 7.85. The van der Waals surface area contributed by atoms with E-state index in [1.165, 1.54) is 0 Å². The van der Waals surface area contributed by atoms with Gasteiger partial charge in [0.15, 0.2) is 0 Å². The van der Waals surface area contributed by atoms with E-state index in [0.29, 0.717) is 12.0 Å². The maximum absolute atomic E-state index is 12.4. The first kappa shape index (κ1) is 20.7. The molecule has 3 atom stereocenters. The Bertz CT molecular complexity index is 831. The molecule has 1 saturated carbocycles. The minimum atomic E-state index is -0.754. The Morgan fingerprint density at radius 2 is 2.25 bits per heavy atom. The molecule has 152 valence electrons. The van der Waals surface area contributed by atoms with Crippen LogP contribution in [0.3, 0.4) is 0 Å². The molecule has 0 radical (unpaired) electrons. The number of nitrogens with one attached hydrogen (secondary N) is 2. The molecule has 7 heteroatoms. The maximum atomic E-state index is 12.4. The largest absolute Gasteiger partial charge is 0.372 e. The van der Waals surface area contributed by atoms with Gasteiger partial charge in [0.05, 0.1) is 5.39 Å². The van der Waals surface area contributed by atoms with E-state index in [0.717, 1.165) is 67.1 Å². The van der Waals surface area contributed by atoms with E-state index < -0.39 is 10.8 Å². The summed E-state index contributed by atoms with van der Waals surface area (Å²) in [6, 6.07) is 2.52. The molecule has 2 aromatic heterocycles. The molecule has 0 saturated heterocycles. The number of hydrogen-bond donors (Lipinski definition) is 2. The van der Waals surface area contributed by atoms with Crippen LogP contribution >= 0.6 is 0 Å². The van der Waals surface area contributed by atoms with Crippen LogP contribution in [0.5, 0.6) is 0 Å². The van der Waals surface area contributed by atoms with E-state index >= 15 is 0 Å². The number of fused-ring (bicyclic) bond motifs is 1. The lowest BCUT2D eigenvalue weighted by Gasteiger charge is -2.14. The topological polar surface area (TPSA) is 71.8 Å². The number of rotatable bonds is 11. The van der Waals surface area contributed by atoms with Crippen LogP contribution in [0.4, 0.5) is 5.82 Å². The molecule has 0 bridgehead atoms. The molecule has 28 heavy (non-hydrogen) atoms. The predicted octanol–water partition coefficient (Wildman–Crippen LogP) is 3.28. The molecule has 1 fully saturated rings. The third-order valence-corrected chi connectivity index (χ3v) is 6.84. The average Bonchev–Trinajstić information content (AvgIpc) is 3.33. The zero-order valence-electron chi connectivity index (χ0n) is 16.6. The SMILES string of the molecule is C=C/C=C/CCNCCS(=O)CC1CCC(n2ccc3c(NC)ncnc32)C1. The summed E-state index contributed by atoms with van der Waals surface area (Å²) in [5.74, 6) is 2.94. The Morgan fingerprint density at radius 1 is 1.36 bits per heavy atom. The lowest BCUT2D eigenvalue weighted by Crippen LogP contribution is -2.23. The van der Waals surface area contributed by atoms with Gasteiger partial charge in [0.25, 0.3) is 0 Å². The summed E-state index contributed by atoms with van der Waals surface area (Å²) in [6.07, 6.45) is 13.9. The smallest absolute Gasteiger partial charge is 0.145 e. The van der Waals surface area contributed by atoms with Gasteiger partial charge in [-0.15, -0.1) is 0 Å². The average molecular weight is 402 g/mol. The van der Waals surface area contributed by atoms with Gasteiger partial charge in [-0.3, -0.25) is 4.21 Å². The van der Waals surface area contributed by atoms with Gasteiger partial charge < -0.3 is 15.2 Å². The highest BCUT2D eigenvalue weighted by Crippen LogP contribution is 2.37. The van der Waals surface area contributed by atoms with Crippen LogP contribution in [0, 0.1) is 5.92 Å². The normalized spacial score (nSPS) is 20.8. The van der Waals surface area contributed by atoms with Crippen molar-refractivity contribution in [1.29, 1.82) is 0 Å². The second-order valence-corrected chi connectivity index (χ2v) is 8.90. The fraction of sp³-hybridized carbons (Fsp3) is 0.524. The van der Waals surface area contributed by atoms with Crippen LogP contribution in [0.25, 0.3) is 11.0 Å². The first-order chi connectivity index (χ1) is 13.7. The monoisotopic (exact) mass is 401 g/mol. The fourth-order valence-electron chi connectivity index (χ4n) is 3.95. The molecule has 0 aromatic carbocycles. The first-order valence-electron chi connectivity index (χ1n) is 10.1. The van der Waals surface area contributed by atoms with E-state index in [2.05, 4.69) is 50.1 Å². The molecule has 2 heterocycles. The molecule has 0 spiro atoms. The summed E-state index contributed by atoms with van der Waals surface area (Å²) in [5, 5.41) is 7.55. The minimum Gasteiger partial charge on any atom is -0.372 e. The van der Waals surface area contributed by atoms with Crippen LogP contribution < -0.4 is 10.6 Å². The number of nitrogens with zero attached hydrogens (tertiary/aromatic N) is 3. The molecule has 1 aliphatic carbocycles. The van der Waals surface area contributed by atoms with Crippen LogP contribution in [0.1, 0.15) is 31.7 Å². The van der Waals surface area contributed by atoms with Crippen molar-refractivity contribution in [3.05, 3.63) is 43.4 Å². The van der Waals surface area contributed by atoms with Gasteiger partial charge in [-0.05, 0) is 44.2 Å². The van der Waals surface area contributed by atoms with Crippen molar-refractivity contribution in [3.8, 4) is 0 Å². The Kier molecular flexibility index (Phi) is 7.80. The Hall–Kier alpha value is -1.99. The molecule has 0 aliphatic heterocycles. The van der Waals surface area contributed by atoms with Gasteiger partial charge in [-0.25, -0.2) is 9.97 Å². The summed E-state index contributed by atoms with van der Waals surface area (Å²) in [5.41, 5.74) is 0.987. The van der Waals surface area contributed by atoms with E-state index in [1.807, 2.05) is 13.1 Å². The molecular weight excluding hydrogens is 370 g/mol. The van der Waals surface area contributed by atoms with Gasteiger partial charge in [0.1, 0.15) is 17.8 Å². The predicted molar refractivity (Wildman–Crippen MR) is 118 cm³/mol. The second-order valence-electron chi connectivity index (χ2n) is 7.28. The quantitative estimate of drug-likeness (QED) is 0.447. The number of anilines is 1. The maximum Gasteiger partial charge on any atom is 0.145 e. The highest BCUT2D eigenvalue weighted by Gasteiger charge is 2.28. The van der Waals surface area contributed by atoms with Gasteiger partial charge in [-0.2, -0.15) is 0 Å². The van der Waals surface area contributed by atoms with Crippen LogP contribution in [0.15, 0.2) is 43.4 Å². The van der Waals surface area contributed by atoms with Crippen molar-refractivity contribution in [1.82, 2.24) is 19.9 Å². The summed E-state index contributed by atoms with van der Waals surface area (Å²) < 4.78 is 14.7.